The summed E-state index contributed by atoms with van der Waals surface area (Å²) in [6.07, 6.45) is 13.2. The van der Waals surface area contributed by atoms with E-state index in [4.69, 9.17) is 0 Å². The molecule has 0 bridgehead atoms. The third-order valence-corrected chi connectivity index (χ3v) is 10.6. The van der Waals surface area contributed by atoms with E-state index in [1.54, 1.807) is 0 Å². The van der Waals surface area contributed by atoms with Crippen molar-refractivity contribution in [3.05, 3.63) is 23.3 Å². The van der Waals surface area contributed by atoms with Crippen molar-refractivity contribution >= 4 is 5.78 Å². The van der Waals surface area contributed by atoms with Gasteiger partial charge in [0, 0.05) is 17.8 Å². The molecule has 2 heteroatoms. The molecule has 0 saturated heterocycles. The Morgan fingerprint density at radius 1 is 1.16 bits per heavy atom. The van der Waals surface area contributed by atoms with E-state index in [9.17, 15) is 9.90 Å². The summed E-state index contributed by atoms with van der Waals surface area (Å²) in [7, 11) is 0. The van der Waals surface area contributed by atoms with Crippen LogP contribution in [0.25, 0.3) is 0 Å². The standard InChI is InChI=1S/C29H46O2/c1-18(2)9-8-10-19(3)26-23(30)17-22-20-11-12-24-27(4,5)25(31)14-16-28(24,6)21(20)13-15-29(22,26)7/h9,12,19-22,25-26,31H,8,10-11,13-17H2,1-7H3/t19-,20-,21+,22+,25-,26+,28-,29+/m1/s1. The van der Waals surface area contributed by atoms with Crippen molar-refractivity contribution in [2.24, 2.45) is 45.8 Å². The summed E-state index contributed by atoms with van der Waals surface area (Å²) in [5.41, 5.74) is 3.15. The Balaban J connectivity index is 1.60. The monoisotopic (exact) mass is 426 g/mol. The van der Waals surface area contributed by atoms with Gasteiger partial charge in [0.05, 0.1) is 6.10 Å². The molecule has 0 aromatic rings. The van der Waals surface area contributed by atoms with Gasteiger partial charge in [-0.05, 0) is 93.3 Å². The average molecular weight is 427 g/mol. The van der Waals surface area contributed by atoms with Crippen LogP contribution in [-0.4, -0.2) is 17.0 Å². The van der Waals surface area contributed by atoms with Crippen molar-refractivity contribution in [1.82, 2.24) is 0 Å². The van der Waals surface area contributed by atoms with E-state index >= 15 is 0 Å². The molecule has 4 rings (SSSR count). The summed E-state index contributed by atoms with van der Waals surface area (Å²) in [6, 6.07) is 0. The number of ketones is 1. The molecule has 3 fully saturated rings. The smallest absolute Gasteiger partial charge is 0.137 e. The lowest BCUT2D eigenvalue weighted by Gasteiger charge is -2.61. The fraction of sp³-hybridized carbons (Fsp3) is 0.828. The van der Waals surface area contributed by atoms with E-state index in [1.165, 1.54) is 24.0 Å². The first-order valence-corrected chi connectivity index (χ1v) is 13.0. The maximum absolute atomic E-state index is 13.4. The van der Waals surface area contributed by atoms with E-state index in [0.717, 1.165) is 38.5 Å². The van der Waals surface area contributed by atoms with Gasteiger partial charge in [-0.2, -0.15) is 0 Å². The number of hydrogen-bond acceptors (Lipinski definition) is 2. The Morgan fingerprint density at radius 3 is 2.55 bits per heavy atom. The predicted molar refractivity (Wildman–Crippen MR) is 129 cm³/mol. The fourth-order valence-corrected chi connectivity index (χ4v) is 8.99. The van der Waals surface area contributed by atoms with Crippen LogP contribution in [0, 0.1) is 45.8 Å². The zero-order valence-electron chi connectivity index (χ0n) is 21.1. The third-order valence-electron chi connectivity index (χ3n) is 10.6. The molecular formula is C29H46O2. The van der Waals surface area contributed by atoms with Crippen LogP contribution in [0.3, 0.4) is 0 Å². The largest absolute Gasteiger partial charge is 0.392 e. The molecule has 0 radical (unpaired) electrons. The minimum atomic E-state index is -0.226. The van der Waals surface area contributed by atoms with Crippen LogP contribution in [0.1, 0.15) is 99.8 Å². The summed E-state index contributed by atoms with van der Waals surface area (Å²) in [5.74, 6) is 3.12. The van der Waals surface area contributed by atoms with Crippen LogP contribution >= 0.6 is 0 Å². The SMILES string of the molecule is CC(C)=CCC[C@@H](C)[C@H]1C(=O)C[C@H]2[C@@H]3CC=C4C(C)(C)[C@H](O)CC[C@]4(C)[C@H]3CC[C@]12C. The number of allylic oxidation sites excluding steroid dienone is 3. The molecule has 0 aromatic carbocycles. The van der Waals surface area contributed by atoms with Gasteiger partial charge in [0.25, 0.3) is 0 Å². The summed E-state index contributed by atoms with van der Waals surface area (Å²) in [5, 5.41) is 10.7. The first kappa shape index (κ1) is 23.3. The lowest BCUT2D eigenvalue weighted by Crippen LogP contribution is -2.54. The minimum absolute atomic E-state index is 0.119. The molecule has 0 heterocycles. The maximum Gasteiger partial charge on any atom is 0.137 e. The molecule has 0 spiro atoms. The van der Waals surface area contributed by atoms with Crippen molar-refractivity contribution in [2.75, 3.05) is 0 Å². The van der Waals surface area contributed by atoms with Crippen molar-refractivity contribution in [1.29, 1.82) is 0 Å². The highest BCUT2D eigenvalue weighted by atomic mass is 16.3. The maximum atomic E-state index is 13.4. The highest BCUT2D eigenvalue weighted by Gasteiger charge is 2.63. The number of carbonyl (C=O) groups is 1. The second-order valence-electron chi connectivity index (χ2n) is 13.0. The minimum Gasteiger partial charge on any atom is -0.392 e. The van der Waals surface area contributed by atoms with Gasteiger partial charge in [-0.25, -0.2) is 0 Å². The first-order chi connectivity index (χ1) is 14.4. The Labute approximate surface area is 191 Å². The first-order valence-electron chi connectivity index (χ1n) is 13.0. The van der Waals surface area contributed by atoms with Gasteiger partial charge in [0.2, 0.25) is 0 Å². The molecule has 4 aliphatic rings. The molecule has 0 aliphatic heterocycles. The Bertz CT molecular complexity index is 785. The van der Waals surface area contributed by atoms with E-state index in [0.29, 0.717) is 29.5 Å². The zero-order valence-corrected chi connectivity index (χ0v) is 21.1. The van der Waals surface area contributed by atoms with Crippen LogP contribution < -0.4 is 0 Å². The van der Waals surface area contributed by atoms with Crippen molar-refractivity contribution < 1.29 is 9.90 Å². The summed E-state index contributed by atoms with van der Waals surface area (Å²) >= 11 is 0. The molecule has 174 valence electrons. The number of carbonyl (C=O) groups excluding carboxylic acids is 1. The van der Waals surface area contributed by atoms with Gasteiger partial charge in [0.15, 0.2) is 0 Å². The van der Waals surface area contributed by atoms with Crippen LogP contribution in [0.15, 0.2) is 23.3 Å². The second-order valence-corrected chi connectivity index (χ2v) is 13.0. The summed E-state index contributed by atoms with van der Waals surface area (Å²) in [6.45, 7) is 16.1. The lowest BCUT2D eigenvalue weighted by atomic mass is 9.44. The van der Waals surface area contributed by atoms with Crippen molar-refractivity contribution in [3.63, 3.8) is 0 Å². The number of Topliss-reactive ketones (excluding diaryl/α,β-unsaturated/α-hetero) is 1. The van der Waals surface area contributed by atoms with Gasteiger partial charge in [0.1, 0.15) is 5.78 Å². The van der Waals surface area contributed by atoms with Gasteiger partial charge in [-0.1, -0.05) is 57.9 Å². The molecule has 8 atom stereocenters. The molecule has 3 saturated carbocycles. The number of fused-ring (bicyclic) bond motifs is 5. The number of aliphatic hydroxyl groups is 1. The topological polar surface area (TPSA) is 37.3 Å². The Kier molecular flexibility index (Phi) is 5.90. The molecule has 0 unspecified atom stereocenters. The Hall–Kier alpha value is -0.890. The van der Waals surface area contributed by atoms with Crippen LogP contribution in [-0.2, 0) is 4.79 Å². The Morgan fingerprint density at radius 2 is 1.87 bits per heavy atom. The number of aliphatic hydroxyl groups excluding tert-OH is 1. The van der Waals surface area contributed by atoms with E-state index in [1.807, 2.05) is 0 Å². The highest BCUT2D eigenvalue weighted by molar-refractivity contribution is 5.85. The molecule has 31 heavy (non-hydrogen) atoms. The van der Waals surface area contributed by atoms with E-state index in [-0.39, 0.29) is 28.3 Å². The number of hydrogen-bond donors (Lipinski definition) is 1. The van der Waals surface area contributed by atoms with Crippen LogP contribution in [0.2, 0.25) is 0 Å². The predicted octanol–water partition coefficient (Wildman–Crippen LogP) is 7.12. The average Bonchev–Trinajstić information content (AvgIpc) is 2.95. The molecule has 1 N–H and O–H groups in total. The van der Waals surface area contributed by atoms with Crippen LogP contribution in [0.5, 0.6) is 0 Å². The highest BCUT2D eigenvalue weighted by Crippen LogP contribution is 2.68. The van der Waals surface area contributed by atoms with Gasteiger partial charge in [-0.15, -0.1) is 0 Å². The van der Waals surface area contributed by atoms with Gasteiger partial charge < -0.3 is 5.11 Å². The molecule has 2 nitrogen and oxygen atoms in total. The van der Waals surface area contributed by atoms with E-state index < -0.39 is 0 Å². The zero-order chi connectivity index (χ0) is 22.8. The quantitative estimate of drug-likeness (QED) is 0.486. The molecular weight excluding hydrogens is 380 g/mol. The van der Waals surface area contributed by atoms with Crippen molar-refractivity contribution in [2.45, 2.75) is 106 Å². The molecule has 0 amide bonds. The second kappa shape index (κ2) is 7.86. The fourth-order valence-electron chi connectivity index (χ4n) is 8.99. The van der Waals surface area contributed by atoms with Gasteiger partial charge >= 0.3 is 0 Å². The normalized spacial score (nSPS) is 44.6. The molecule has 0 aromatic heterocycles. The summed E-state index contributed by atoms with van der Waals surface area (Å²) in [4.78, 5) is 13.4. The lowest BCUT2D eigenvalue weighted by molar-refractivity contribution is -0.124. The summed E-state index contributed by atoms with van der Waals surface area (Å²) < 4.78 is 0. The van der Waals surface area contributed by atoms with Crippen molar-refractivity contribution in [3.8, 4) is 0 Å². The van der Waals surface area contributed by atoms with E-state index in [2.05, 4.69) is 60.6 Å². The van der Waals surface area contributed by atoms with Crippen LogP contribution in [0.4, 0.5) is 0 Å². The number of rotatable bonds is 4. The third kappa shape index (κ3) is 3.51. The van der Waals surface area contributed by atoms with Gasteiger partial charge in [-0.3, -0.25) is 4.79 Å². The molecule has 4 aliphatic carbocycles.